The van der Waals surface area contributed by atoms with Crippen molar-refractivity contribution in [3.63, 3.8) is 0 Å². The maximum atomic E-state index is 11.9. The lowest BCUT2D eigenvalue weighted by atomic mass is 10.1. The average Bonchev–Trinajstić information content (AvgIpc) is 2.53. The van der Waals surface area contributed by atoms with E-state index >= 15 is 0 Å². The quantitative estimate of drug-likeness (QED) is 0.532. The van der Waals surface area contributed by atoms with Gasteiger partial charge in [0.2, 0.25) is 5.91 Å². The fraction of sp³-hybridized carbons (Fsp3) is 0.526. The number of ether oxygens (including phenoxy) is 1. The highest BCUT2D eigenvalue weighted by Gasteiger charge is 2.12. The summed E-state index contributed by atoms with van der Waals surface area (Å²) in [6, 6.07) is 8.88. The molecule has 0 bridgehead atoms. The summed E-state index contributed by atoms with van der Waals surface area (Å²) in [5.74, 6) is -0.0855. The van der Waals surface area contributed by atoms with Gasteiger partial charge in [-0.05, 0) is 45.4 Å². The Labute approximate surface area is 140 Å². The zero-order valence-electron chi connectivity index (χ0n) is 14.8. The number of hydrogen-bond donors (Lipinski definition) is 1. The molecule has 0 radical (unpaired) electrons. The van der Waals surface area contributed by atoms with Gasteiger partial charge in [-0.1, -0.05) is 30.3 Å². The van der Waals surface area contributed by atoms with Crippen molar-refractivity contribution in [3.8, 4) is 0 Å². The summed E-state index contributed by atoms with van der Waals surface area (Å²) in [6.45, 7) is 11.7. The Balaban J connectivity index is 2.40. The third-order valence-corrected chi connectivity index (χ3v) is 3.86. The van der Waals surface area contributed by atoms with Crippen LogP contribution in [0.5, 0.6) is 0 Å². The smallest absolute Gasteiger partial charge is 0.249 e. The SMILES string of the molecule is C=CCCOC(C)C(=O)NCc1ccc(CN(C)C(C)C)cc1. The largest absolute Gasteiger partial charge is 0.368 e. The molecule has 1 atom stereocenters. The van der Waals surface area contributed by atoms with Crippen LogP contribution in [0.4, 0.5) is 0 Å². The van der Waals surface area contributed by atoms with Crippen LogP contribution in [0.3, 0.4) is 0 Å². The van der Waals surface area contributed by atoms with Gasteiger partial charge in [-0.25, -0.2) is 0 Å². The molecule has 1 N–H and O–H groups in total. The number of carbonyl (C=O) groups is 1. The molecule has 1 aromatic rings. The topological polar surface area (TPSA) is 41.6 Å². The zero-order chi connectivity index (χ0) is 17.2. The highest BCUT2D eigenvalue weighted by Crippen LogP contribution is 2.08. The van der Waals surface area contributed by atoms with Crippen LogP contribution in [0.15, 0.2) is 36.9 Å². The lowest BCUT2D eigenvalue weighted by Crippen LogP contribution is -2.34. The van der Waals surface area contributed by atoms with Gasteiger partial charge >= 0.3 is 0 Å². The molecular weight excluding hydrogens is 288 g/mol. The number of benzene rings is 1. The summed E-state index contributed by atoms with van der Waals surface area (Å²) < 4.78 is 5.43. The Morgan fingerprint density at radius 3 is 2.43 bits per heavy atom. The normalized spacial score (nSPS) is 12.4. The predicted molar refractivity (Wildman–Crippen MR) is 95.1 cm³/mol. The number of carbonyl (C=O) groups excluding carboxylic acids is 1. The second-order valence-corrected chi connectivity index (χ2v) is 6.13. The van der Waals surface area contributed by atoms with Gasteiger partial charge in [0.25, 0.3) is 0 Å². The van der Waals surface area contributed by atoms with E-state index in [0.29, 0.717) is 19.2 Å². The molecule has 0 fully saturated rings. The van der Waals surface area contributed by atoms with E-state index in [1.165, 1.54) is 5.56 Å². The Bertz CT molecular complexity index is 483. The van der Waals surface area contributed by atoms with Crippen LogP contribution >= 0.6 is 0 Å². The molecule has 0 aliphatic carbocycles. The molecule has 1 amide bonds. The molecule has 0 aromatic heterocycles. The summed E-state index contributed by atoms with van der Waals surface area (Å²) >= 11 is 0. The van der Waals surface area contributed by atoms with Gasteiger partial charge in [0, 0.05) is 19.1 Å². The summed E-state index contributed by atoms with van der Waals surface area (Å²) in [5, 5.41) is 2.90. The number of nitrogens with one attached hydrogen (secondary N) is 1. The molecule has 0 saturated carbocycles. The standard InChI is InChI=1S/C19H30N2O2/c1-6-7-12-23-16(4)19(22)20-13-17-8-10-18(11-9-17)14-21(5)15(2)3/h6,8-11,15-16H,1,7,12-14H2,2-5H3,(H,20,22). The van der Waals surface area contributed by atoms with Crippen LogP contribution in [-0.4, -0.2) is 36.6 Å². The van der Waals surface area contributed by atoms with E-state index in [-0.39, 0.29) is 5.91 Å². The number of amides is 1. The van der Waals surface area contributed by atoms with E-state index in [2.05, 4.69) is 62.0 Å². The molecule has 1 unspecified atom stereocenters. The first-order valence-electron chi connectivity index (χ1n) is 8.22. The van der Waals surface area contributed by atoms with Crippen LogP contribution in [0, 0.1) is 0 Å². The molecule has 0 spiro atoms. The van der Waals surface area contributed by atoms with E-state index in [9.17, 15) is 4.79 Å². The molecule has 1 aromatic carbocycles. The second kappa shape index (κ2) is 10.2. The van der Waals surface area contributed by atoms with Crippen LogP contribution < -0.4 is 5.32 Å². The van der Waals surface area contributed by atoms with E-state index in [0.717, 1.165) is 18.5 Å². The van der Waals surface area contributed by atoms with E-state index < -0.39 is 6.10 Å². The zero-order valence-corrected chi connectivity index (χ0v) is 14.8. The van der Waals surface area contributed by atoms with E-state index in [1.54, 1.807) is 13.0 Å². The van der Waals surface area contributed by atoms with Crippen molar-refractivity contribution in [3.05, 3.63) is 48.0 Å². The Morgan fingerprint density at radius 1 is 1.26 bits per heavy atom. The molecular formula is C19H30N2O2. The monoisotopic (exact) mass is 318 g/mol. The molecule has 0 aliphatic heterocycles. The summed E-state index contributed by atoms with van der Waals surface area (Å²) in [4.78, 5) is 14.2. The molecule has 0 heterocycles. The van der Waals surface area contributed by atoms with Crippen molar-refractivity contribution in [2.45, 2.75) is 52.4 Å². The molecule has 0 saturated heterocycles. The van der Waals surface area contributed by atoms with Crippen LogP contribution in [0.1, 0.15) is 38.3 Å². The van der Waals surface area contributed by atoms with Gasteiger partial charge in [-0.2, -0.15) is 0 Å². The highest BCUT2D eigenvalue weighted by molar-refractivity contribution is 5.80. The first-order valence-corrected chi connectivity index (χ1v) is 8.22. The minimum Gasteiger partial charge on any atom is -0.368 e. The van der Waals surface area contributed by atoms with Gasteiger partial charge < -0.3 is 10.1 Å². The van der Waals surface area contributed by atoms with E-state index in [1.807, 2.05) is 0 Å². The molecule has 23 heavy (non-hydrogen) atoms. The Hall–Kier alpha value is -1.65. The first kappa shape index (κ1) is 19.4. The first-order chi connectivity index (χ1) is 10.9. The van der Waals surface area contributed by atoms with Crippen molar-refractivity contribution in [2.24, 2.45) is 0 Å². The molecule has 0 aliphatic rings. The minimum atomic E-state index is -0.436. The van der Waals surface area contributed by atoms with Crippen LogP contribution in [0.25, 0.3) is 0 Å². The molecule has 128 valence electrons. The maximum absolute atomic E-state index is 11.9. The highest BCUT2D eigenvalue weighted by atomic mass is 16.5. The van der Waals surface area contributed by atoms with Crippen LogP contribution in [0.2, 0.25) is 0 Å². The summed E-state index contributed by atoms with van der Waals surface area (Å²) in [6.07, 6.45) is 2.10. The van der Waals surface area contributed by atoms with Gasteiger partial charge in [-0.3, -0.25) is 9.69 Å². The van der Waals surface area contributed by atoms with Crippen molar-refractivity contribution in [1.29, 1.82) is 0 Å². The predicted octanol–water partition coefficient (Wildman–Crippen LogP) is 3.12. The lowest BCUT2D eigenvalue weighted by Gasteiger charge is -2.21. The van der Waals surface area contributed by atoms with E-state index in [4.69, 9.17) is 4.74 Å². The van der Waals surface area contributed by atoms with Crippen molar-refractivity contribution in [1.82, 2.24) is 10.2 Å². The third-order valence-electron chi connectivity index (χ3n) is 3.86. The van der Waals surface area contributed by atoms with Gasteiger partial charge in [0.05, 0.1) is 6.61 Å². The summed E-state index contributed by atoms with van der Waals surface area (Å²) in [7, 11) is 2.12. The fourth-order valence-electron chi connectivity index (χ4n) is 1.97. The van der Waals surface area contributed by atoms with Crippen molar-refractivity contribution >= 4 is 5.91 Å². The number of nitrogens with zero attached hydrogens (tertiary/aromatic N) is 1. The second-order valence-electron chi connectivity index (χ2n) is 6.13. The average molecular weight is 318 g/mol. The molecule has 4 nitrogen and oxygen atoms in total. The van der Waals surface area contributed by atoms with Crippen LogP contribution in [-0.2, 0) is 22.6 Å². The number of rotatable bonds is 10. The number of hydrogen-bond acceptors (Lipinski definition) is 3. The molecule has 1 rings (SSSR count). The van der Waals surface area contributed by atoms with Gasteiger partial charge in [0.15, 0.2) is 0 Å². The van der Waals surface area contributed by atoms with Gasteiger partial charge in [0.1, 0.15) is 6.10 Å². The maximum Gasteiger partial charge on any atom is 0.249 e. The Morgan fingerprint density at radius 2 is 1.87 bits per heavy atom. The van der Waals surface area contributed by atoms with Gasteiger partial charge in [-0.15, -0.1) is 6.58 Å². The van der Waals surface area contributed by atoms with Crippen molar-refractivity contribution in [2.75, 3.05) is 13.7 Å². The summed E-state index contributed by atoms with van der Waals surface area (Å²) in [5.41, 5.74) is 2.37. The lowest BCUT2D eigenvalue weighted by molar-refractivity contribution is -0.131. The Kier molecular flexibility index (Phi) is 8.59. The van der Waals surface area contributed by atoms with Crippen molar-refractivity contribution < 1.29 is 9.53 Å². The molecule has 4 heteroatoms. The minimum absolute atomic E-state index is 0.0855. The fourth-order valence-corrected chi connectivity index (χ4v) is 1.97. The third kappa shape index (κ3) is 7.44.